The summed E-state index contributed by atoms with van der Waals surface area (Å²) in [5.41, 5.74) is 11.6. The fraction of sp³-hybridized carbons (Fsp3) is 0. The average Bonchev–Trinajstić information content (AvgIpc) is 3.24. The first-order valence-corrected chi connectivity index (χ1v) is 18.0. The van der Waals surface area contributed by atoms with Gasteiger partial charge in [0.05, 0.1) is 16.7 Å². The summed E-state index contributed by atoms with van der Waals surface area (Å²) in [6.07, 6.45) is 1.83. The van der Waals surface area contributed by atoms with E-state index < -0.39 is 0 Å². The van der Waals surface area contributed by atoms with Crippen molar-refractivity contribution < 1.29 is 0 Å². The molecule has 2 aromatic heterocycles. The standard InChI is InChI=1S/C50H33N3/c1-3-12-35(13-4-1)46-33-49(52-48-20-11-31-51-50(46)48)36-23-28-40(29-24-36)53(38-14-5-2-6-15-38)39-26-21-34(22-27-39)37-25-30-45-43-18-8-7-16-41(43)42-17-9-10-19-44(42)47(45)32-37/h1-33H. The van der Waals surface area contributed by atoms with Crippen molar-refractivity contribution >= 4 is 60.4 Å². The Balaban J connectivity index is 1.02. The summed E-state index contributed by atoms with van der Waals surface area (Å²) in [5.74, 6) is 0. The molecule has 3 nitrogen and oxygen atoms in total. The maximum Gasteiger partial charge on any atom is 0.0965 e. The molecule has 0 spiro atoms. The Hall–Kier alpha value is -7.10. The van der Waals surface area contributed by atoms with Crippen LogP contribution in [0.25, 0.3) is 76.9 Å². The first kappa shape index (κ1) is 30.7. The van der Waals surface area contributed by atoms with E-state index in [1.165, 1.54) is 43.4 Å². The number of nitrogens with zero attached hydrogens (tertiary/aromatic N) is 3. The zero-order chi connectivity index (χ0) is 35.1. The number of aromatic nitrogens is 2. The first-order chi connectivity index (χ1) is 26.3. The molecule has 0 radical (unpaired) electrons. The van der Waals surface area contributed by atoms with Gasteiger partial charge in [-0.05, 0) is 110 Å². The number of hydrogen-bond donors (Lipinski definition) is 0. The van der Waals surface area contributed by atoms with Crippen LogP contribution in [0.2, 0.25) is 0 Å². The highest BCUT2D eigenvalue weighted by atomic mass is 15.1. The van der Waals surface area contributed by atoms with Crippen LogP contribution in [-0.2, 0) is 0 Å². The Morgan fingerprint density at radius 3 is 1.49 bits per heavy atom. The maximum absolute atomic E-state index is 5.04. The summed E-state index contributed by atoms with van der Waals surface area (Å²) < 4.78 is 0. The van der Waals surface area contributed by atoms with E-state index in [1.54, 1.807) is 0 Å². The summed E-state index contributed by atoms with van der Waals surface area (Å²) in [7, 11) is 0. The molecule has 0 amide bonds. The molecule has 53 heavy (non-hydrogen) atoms. The van der Waals surface area contributed by atoms with Crippen LogP contribution in [0.3, 0.4) is 0 Å². The molecule has 0 aliphatic carbocycles. The number of hydrogen-bond acceptors (Lipinski definition) is 3. The van der Waals surface area contributed by atoms with Crippen LogP contribution >= 0.6 is 0 Å². The fourth-order valence-corrected chi connectivity index (χ4v) is 7.74. The summed E-state index contributed by atoms with van der Waals surface area (Å²) in [4.78, 5) is 12.0. The molecule has 0 N–H and O–H groups in total. The smallest absolute Gasteiger partial charge is 0.0965 e. The molecule has 0 atom stereocenters. The van der Waals surface area contributed by atoms with Gasteiger partial charge in [-0.2, -0.15) is 0 Å². The van der Waals surface area contributed by atoms with Crippen molar-refractivity contribution in [1.29, 1.82) is 0 Å². The molecular formula is C50H33N3. The zero-order valence-electron chi connectivity index (χ0n) is 28.9. The Kier molecular flexibility index (Phi) is 7.47. The molecular weight excluding hydrogens is 643 g/mol. The van der Waals surface area contributed by atoms with E-state index in [0.717, 1.165) is 50.5 Å². The van der Waals surface area contributed by atoms with Gasteiger partial charge >= 0.3 is 0 Å². The molecule has 10 aromatic rings. The van der Waals surface area contributed by atoms with Crippen LogP contribution < -0.4 is 4.90 Å². The predicted molar refractivity (Wildman–Crippen MR) is 223 cm³/mol. The highest BCUT2D eigenvalue weighted by Crippen LogP contribution is 2.40. The van der Waals surface area contributed by atoms with Gasteiger partial charge in [-0.25, -0.2) is 4.98 Å². The Morgan fingerprint density at radius 2 is 0.849 bits per heavy atom. The SMILES string of the molecule is c1ccc(-c2cc(-c3ccc(N(c4ccccc4)c4ccc(-c5ccc6c7ccccc7c7ccccc7c6c5)cc4)cc3)nc3cccnc23)cc1. The third-order valence-electron chi connectivity index (χ3n) is 10.3. The largest absolute Gasteiger partial charge is 0.311 e. The molecule has 0 aliphatic heterocycles. The topological polar surface area (TPSA) is 29.0 Å². The van der Waals surface area contributed by atoms with E-state index in [9.17, 15) is 0 Å². The monoisotopic (exact) mass is 675 g/mol. The molecule has 10 rings (SSSR count). The van der Waals surface area contributed by atoms with Crippen molar-refractivity contribution in [2.24, 2.45) is 0 Å². The molecule has 0 saturated carbocycles. The lowest BCUT2D eigenvalue weighted by Crippen LogP contribution is -2.09. The molecule has 0 unspecified atom stereocenters. The van der Waals surface area contributed by atoms with Crippen LogP contribution in [0.1, 0.15) is 0 Å². The lowest BCUT2D eigenvalue weighted by molar-refractivity contribution is 1.28. The van der Waals surface area contributed by atoms with Gasteiger partial charge in [0.1, 0.15) is 0 Å². The Morgan fingerprint density at radius 1 is 0.340 bits per heavy atom. The third-order valence-corrected chi connectivity index (χ3v) is 10.3. The van der Waals surface area contributed by atoms with Gasteiger partial charge in [0.2, 0.25) is 0 Å². The number of rotatable bonds is 6. The summed E-state index contributed by atoms with van der Waals surface area (Å²) >= 11 is 0. The quantitative estimate of drug-likeness (QED) is 0.164. The third kappa shape index (κ3) is 5.47. The summed E-state index contributed by atoms with van der Waals surface area (Å²) in [5, 5.41) is 7.72. The number of benzene rings is 8. The van der Waals surface area contributed by atoms with Gasteiger partial charge in [0, 0.05) is 34.4 Å². The van der Waals surface area contributed by atoms with Crippen molar-refractivity contribution in [2.75, 3.05) is 4.90 Å². The second kappa shape index (κ2) is 12.9. The van der Waals surface area contributed by atoms with E-state index in [4.69, 9.17) is 4.98 Å². The van der Waals surface area contributed by atoms with Crippen molar-refractivity contribution in [1.82, 2.24) is 9.97 Å². The van der Waals surface area contributed by atoms with Crippen molar-refractivity contribution in [3.63, 3.8) is 0 Å². The summed E-state index contributed by atoms with van der Waals surface area (Å²) in [6.45, 7) is 0. The predicted octanol–water partition coefficient (Wildman–Crippen LogP) is 13.6. The van der Waals surface area contributed by atoms with Gasteiger partial charge < -0.3 is 4.90 Å². The van der Waals surface area contributed by atoms with E-state index in [0.29, 0.717) is 0 Å². The fourth-order valence-electron chi connectivity index (χ4n) is 7.74. The molecule has 0 bridgehead atoms. The van der Waals surface area contributed by atoms with Crippen LogP contribution in [0.4, 0.5) is 17.1 Å². The van der Waals surface area contributed by atoms with Crippen molar-refractivity contribution in [3.8, 4) is 33.5 Å². The molecule has 8 aromatic carbocycles. The highest BCUT2D eigenvalue weighted by Gasteiger charge is 2.16. The molecule has 2 heterocycles. The molecule has 0 aliphatic rings. The first-order valence-electron chi connectivity index (χ1n) is 18.0. The highest BCUT2D eigenvalue weighted by molar-refractivity contribution is 6.25. The van der Waals surface area contributed by atoms with Crippen LogP contribution in [0.15, 0.2) is 200 Å². The number of pyridine rings is 2. The van der Waals surface area contributed by atoms with Gasteiger partial charge in [-0.15, -0.1) is 0 Å². The zero-order valence-corrected chi connectivity index (χ0v) is 28.9. The second-order valence-electron chi connectivity index (χ2n) is 13.4. The average molecular weight is 676 g/mol. The van der Waals surface area contributed by atoms with E-state index in [2.05, 4.69) is 186 Å². The number of anilines is 3. The van der Waals surface area contributed by atoms with Crippen molar-refractivity contribution in [2.45, 2.75) is 0 Å². The molecule has 0 saturated heterocycles. The van der Waals surface area contributed by atoms with Crippen LogP contribution in [-0.4, -0.2) is 9.97 Å². The number of fused-ring (bicyclic) bond motifs is 7. The maximum atomic E-state index is 5.04. The van der Waals surface area contributed by atoms with E-state index in [-0.39, 0.29) is 0 Å². The second-order valence-corrected chi connectivity index (χ2v) is 13.4. The molecule has 3 heteroatoms. The van der Waals surface area contributed by atoms with Gasteiger partial charge in [0.15, 0.2) is 0 Å². The Bertz CT molecular complexity index is 2880. The van der Waals surface area contributed by atoms with Gasteiger partial charge in [-0.1, -0.05) is 133 Å². The molecule has 248 valence electrons. The minimum Gasteiger partial charge on any atom is -0.311 e. The lowest BCUT2D eigenvalue weighted by Gasteiger charge is -2.26. The number of para-hydroxylation sites is 1. The lowest BCUT2D eigenvalue weighted by atomic mass is 9.92. The Labute approximate surface area is 308 Å². The summed E-state index contributed by atoms with van der Waals surface area (Å²) in [6, 6.07) is 69.1. The normalized spacial score (nSPS) is 11.4. The minimum atomic E-state index is 0.881. The van der Waals surface area contributed by atoms with E-state index >= 15 is 0 Å². The van der Waals surface area contributed by atoms with Crippen molar-refractivity contribution in [3.05, 3.63) is 200 Å². The molecule has 0 fully saturated rings. The minimum absolute atomic E-state index is 0.881. The van der Waals surface area contributed by atoms with Crippen LogP contribution in [0, 0.1) is 0 Å². The van der Waals surface area contributed by atoms with Crippen LogP contribution in [0.5, 0.6) is 0 Å². The van der Waals surface area contributed by atoms with Gasteiger partial charge in [0.25, 0.3) is 0 Å². The van der Waals surface area contributed by atoms with E-state index in [1.807, 2.05) is 24.4 Å². The van der Waals surface area contributed by atoms with Gasteiger partial charge in [-0.3, -0.25) is 4.98 Å².